The van der Waals surface area contributed by atoms with Gasteiger partial charge < -0.3 is 9.63 Å². The minimum Gasteiger partial charge on any atom is -0.388 e. The van der Waals surface area contributed by atoms with Crippen molar-refractivity contribution >= 4 is 11.6 Å². The summed E-state index contributed by atoms with van der Waals surface area (Å²) in [5, 5.41) is 17.8. The molecule has 7 nitrogen and oxygen atoms in total. The second-order valence-electron chi connectivity index (χ2n) is 5.02. The van der Waals surface area contributed by atoms with Crippen LogP contribution in [0.15, 0.2) is 45.8 Å². The summed E-state index contributed by atoms with van der Waals surface area (Å²) in [6.45, 7) is -0.0287. The van der Waals surface area contributed by atoms with E-state index in [0.717, 1.165) is 4.68 Å². The molecule has 2 heterocycles. The number of rotatable bonds is 5. The zero-order valence-corrected chi connectivity index (χ0v) is 13.0. The Bertz CT molecular complexity index is 894. The predicted octanol–water partition coefficient (Wildman–Crippen LogP) is 1.74. The lowest BCUT2D eigenvalue weighted by atomic mass is 10.1. The molecule has 9 heteroatoms. The zero-order chi connectivity index (χ0) is 17.1. The van der Waals surface area contributed by atoms with E-state index in [1.54, 1.807) is 0 Å². The van der Waals surface area contributed by atoms with Gasteiger partial charge in [0, 0.05) is 12.6 Å². The number of halogens is 2. The molecule has 1 atom stereocenters. The number of benzene rings is 1. The van der Waals surface area contributed by atoms with Crippen molar-refractivity contribution in [1.82, 2.24) is 19.9 Å². The summed E-state index contributed by atoms with van der Waals surface area (Å²) in [4.78, 5) is 15.9. The van der Waals surface area contributed by atoms with E-state index in [0.29, 0.717) is 5.56 Å². The first kappa shape index (κ1) is 16.3. The van der Waals surface area contributed by atoms with E-state index in [1.807, 2.05) is 0 Å². The molecule has 3 aromatic rings. The summed E-state index contributed by atoms with van der Waals surface area (Å²) in [6, 6.07) is 6.88. The van der Waals surface area contributed by atoms with Crippen molar-refractivity contribution < 1.29 is 14.0 Å². The molecule has 0 spiro atoms. The van der Waals surface area contributed by atoms with Crippen molar-refractivity contribution in [3.63, 3.8) is 0 Å². The molecule has 2 aromatic heterocycles. The molecular formula is C15H12ClFN4O3. The van der Waals surface area contributed by atoms with Crippen molar-refractivity contribution in [1.29, 1.82) is 0 Å². The van der Waals surface area contributed by atoms with E-state index in [4.69, 9.17) is 16.1 Å². The highest BCUT2D eigenvalue weighted by atomic mass is 35.5. The minimum absolute atomic E-state index is 0.0287. The van der Waals surface area contributed by atoms with Gasteiger partial charge in [-0.25, -0.2) is 9.07 Å². The molecule has 0 bridgehead atoms. The van der Waals surface area contributed by atoms with Gasteiger partial charge in [0.2, 0.25) is 5.89 Å². The van der Waals surface area contributed by atoms with E-state index in [-0.39, 0.29) is 35.5 Å². The van der Waals surface area contributed by atoms with Crippen LogP contribution >= 0.6 is 11.6 Å². The van der Waals surface area contributed by atoms with Crippen LogP contribution < -0.4 is 5.56 Å². The smallest absolute Gasteiger partial charge is 0.285 e. The molecule has 3 rings (SSSR count). The second kappa shape index (κ2) is 6.90. The van der Waals surface area contributed by atoms with Crippen LogP contribution in [0.25, 0.3) is 0 Å². The van der Waals surface area contributed by atoms with Gasteiger partial charge in [-0.3, -0.25) is 4.79 Å². The van der Waals surface area contributed by atoms with Gasteiger partial charge in [-0.15, -0.1) is 0 Å². The van der Waals surface area contributed by atoms with E-state index >= 15 is 0 Å². The first-order valence-corrected chi connectivity index (χ1v) is 7.37. The third kappa shape index (κ3) is 3.66. The SMILES string of the molecule is O=c1c(Cl)ccnn1Cc1nc(C[C@H](O)c2ccc(F)cc2)no1. The van der Waals surface area contributed by atoms with E-state index < -0.39 is 11.7 Å². The van der Waals surface area contributed by atoms with Crippen LogP contribution in [0.2, 0.25) is 5.02 Å². The molecule has 0 saturated carbocycles. The molecule has 0 fully saturated rings. The van der Waals surface area contributed by atoms with Crippen molar-refractivity contribution in [2.75, 3.05) is 0 Å². The number of aliphatic hydroxyl groups excluding tert-OH is 1. The summed E-state index contributed by atoms with van der Waals surface area (Å²) < 4.78 is 19.0. The maximum absolute atomic E-state index is 12.9. The van der Waals surface area contributed by atoms with Gasteiger partial charge in [0.1, 0.15) is 17.4 Å². The minimum atomic E-state index is -0.900. The van der Waals surface area contributed by atoms with Gasteiger partial charge in [-0.2, -0.15) is 10.1 Å². The Hall–Kier alpha value is -2.58. The van der Waals surface area contributed by atoms with Crippen molar-refractivity contribution in [3.8, 4) is 0 Å². The molecule has 0 saturated heterocycles. The topological polar surface area (TPSA) is 94.0 Å². The molecule has 0 amide bonds. The quantitative estimate of drug-likeness (QED) is 0.753. The Balaban J connectivity index is 1.70. The summed E-state index contributed by atoms with van der Waals surface area (Å²) in [7, 11) is 0. The zero-order valence-electron chi connectivity index (χ0n) is 12.3. The highest BCUT2D eigenvalue weighted by Crippen LogP contribution is 2.17. The van der Waals surface area contributed by atoms with Gasteiger partial charge >= 0.3 is 0 Å². The highest BCUT2D eigenvalue weighted by Gasteiger charge is 2.15. The first-order valence-electron chi connectivity index (χ1n) is 6.99. The lowest BCUT2D eigenvalue weighted by Crippen LogP contribution is -2.23. The molecule has 0 aliphatic rings. The maximum Gasteiger partial charge on any atom is 0.285 e. The molecule has 124 valence electrons. The summed E-state index contributed by atoms with van der Waals surface area (Å²) in [5.74, 6) is 0.0392. The van der Waals surface area contributed by atoms with Crippen LogP contribution in [0.3, 0.4) is 0 Å². The van der Waals surface area contributed by atoms with Crippen molar-refractivity contribution in [2.45, 2.75) is 19.1 Å². The molecule has 1 aromatic carbocycles. The molecule has 24 heavy (non-hydrogen) atoms. The standard InChI is InChI=1S/C15H12ClFN4O3/c16-11-5-6-18-21(15(11)23)8-14-19-13(20-24-14)7-12(22)9-1-3-10(17)4-2-9/h1-6,12,22H,7-8H2/t12-/m0/s1. The van der Waals surface area contributed by atoms with Gasteiger partial charge in [-0.05, 0) is 23.8 Å². The van der Waals surface area contributed by atoms with E-state index in [1.165, 1.54) is 36.5 Å². The fourth-order valence-corrected chi connectivity index (χ4v) is 2.23. The Labute approximate surface area is 140 Å². The normalized spacial score (nSPS) is 12.3. The number of aromatic nitrogens is 4. The average molecular weight is 351 g/mol. The van der Waals surface area contributed by atoms with Crippen LogP contribution in [0.5, 0.6) is 0 Å². The van der Waals surface area contributed by atoms with Crippen molar-refractivity contribution in [3.05, 3.63) is 75.0 Å². The fraction of sp³-hybridized carbons (Fsp3) is 0.200. The van der Waals surface area contributed by atoms with Crippen LogP contribution in [-0.4, -0.2) is 25.0 Å². The van der Waals surface area contributed by atoms with Crippen molar-refractivity contribution in [2.24, 2.45) is 0 Å². The number of hydrogen-bond acceptors (Lipinski definition) is 6. The predicted molar refractivity (Wildman–Crippen MR) is 82.0 cm³/mol. The fourth-order valence-electron chi connectivity index (χ4n) is 2.08. The Morgan fingerprint density at radius 1 is 1.29 bits per heavy atom. The number of nitrogens with zero attached hydrogens (tertiary/aromatic N) is 4. The first-order chi connectivity index (χ1) is 11.5. The van der Waals surface area contributed by atoms with Crippen LogP contribution in [0, 0.1) is 5.82 Å². The molecule has 0 aliphatic carbocycles. The monoisotopic (exact) mass is 350 g/mol. The van der Waals surface area contributed by atoms with Crippen LogP contribution in [0.1, 0.15) is 23.4 Å². The molecule has 0 unspecified atom stereocenters. The summed E-state index contributed by atoms with van der Waals surface area (Å²) >= 11 is 5.73. The molecule has 0 radical (unpaired) electrons. The van der Waals surface area contributed by atoms with E-state index in [9.17, 15) is 14.3 Å². The van der Waals surface area contributed by atoms with Gasteiger partial charge in [0.15, 0.2) is 5.82 Å². The van der Waals surface area contributed by atoms with Gasteiger partial charge in [0.25, 0.3) is 5.56 Å². The Morgan fingerprint density at radius 3 is 2.79 bits per heavy atom. The third-order valence-corrected chi connectivity index (χ3v) is 3.58. The van der Waals surface area contributed by atoms with Crippen LogP contribution in [0.4, 0.5) is 4.39 Å². The largest absolute Gasteiger partial charge is 0.388 e. The van der Waals surface area contributed by atoms with Crippen LogP contribution in [-0.2, 0) is 13.0 Å². The molecule has 0 aliphatic heterocycles. The summed E-state index contributed by atoms with van der Waals surface area (Å²) in [5.41, 5.74) is 0.0701. The Kier molecular flexibility index (Phi) is 4.68. The highest BCUT2D eigenvalue weighted by molar-refractivity contribution is 6.30. The molecule has 1 N–H and O–H groups in total. The molecular weight excluding hydrogens is 339 g/mol. The number of aliphatic hydroxyl groups is 1. The summed E-state index contributed by atoms with van der Waals surface area (Å²) in [6.07, 6.45) is 0.579. The maximum atomic E-state index is 12.9. The van der Waals surface area contributed by atoms with E-state index in [2.05, 4.69) is 15.2 Å². The second-order valence-corrected chi connectivity index (χ2v) is 5.42. The lowest BCUT2D eigenvalue weighted by molar-refractivity contribution is 0.174. The Morgan fingerprint density at radius 2 is 2.04 bits per heavy atom. The van der Waals surface area contributed by atoms with Gasteiger partial charge in [0.05, 0.1) is 6.10 Å². The third-order valence-electron chi connectivity index (χ3n) is 3.29. The lowest BCUT2D eigenvalue weighted by Gasteiger charge is -2.07. The average Bonchev–Trinajstić information content (AvgIpc) is 2.99. The van der Waals surface area contributed by atoms with Gasteiger partial charge in [-0.1, -0.05) is 28.9 Å². The number of hydrogen-bond donors (Lipinski definition) is 1.